The molecule has 0 aromatic carbocycles. The van der Waals surface area contributed by atoms with E-state index >= 15 is 0 Å². The van der Waals surface area contributed by atoms with Gasteiger partial charge in [-0.2, -0.15) is 0 Å². The predicted octanol–water partition coefficient (Wildman–Crippen LogP) is 19.3. The zero-order chi connectivity index (χ0) is 56.9. The highest BCUT2D eigenvalue weighted by Crippen LogP contribution is 2.43. The van der Waals surface area contributed by atoms with Gasteiger partial charge in [-0.1, -0.05) is 286 Å². The number of aliphatic hydroxyl groups excluding tert-OH is 1. The maximum Gasteiger partial charge on any atom is 0.472 e. The van der Waals surface area contributed by atoms with Crippen LogP contribution in [0.1, 0.15) is 290 Å². The SMILES string of the molecule is CC/C=C\C/C=C\C/C=C\C/C=C\C/C=C\C/C=C\CCC(=O)OCC(COP(=O)(O)OCC(CO)OC(=O)CCCCCCCCCCCCCCCCC)OC(=O)CCCCCCCCCCCCCCCCCCC. The number of ether oxygens (including phenoxy) is 3. The number of carbonyl (C=O) groups excluding carboxylic acids is 3. The molecule has 12 heteroatoms. The van der Waals surface area contributed by atoms with E-state index < -0.39 is 57.8 Å². The van der Waals surface area contributed by atoms with Crippen molar-refractivity contribution in [2.24, 2.45) is 0 Å². The molecule has 0 aromatic heterocycles. The van der Waals surface area contributed by atoms with E-state index in [1.807, 2.05) is 12.2 Å². The molecule has 0 saturated heterocycles. The van der Waals surface area contributed by atoms with Crippen LogP contribution in [0.15, 0.2) is 72.9 Å². The molecule has 3 atom stereocenters. The highest BCUT2D eigenvalue weighted by Gasteiger charge is 2.28. The average Bonchev–Trinajstić information content (AvgIpc) is 3.43. The third-order valence-electron chi connectivity index (χ3n) is 13.7. The molecule has 3 unspecified atom stereocenters. The van der Waals surface area contributed by atoms with Gasteiger partial charge in [0, 0.05) is 19.3 Å². The summed E-state index contributed by atoms with van der Waals surface area (Å²) in [7, 11) is -4.77. The number of hydrogen-bond donors (Lipinski definition) is 2. The van der Waals surface area contributed by atoms with Gasteiger partial charge in [0.05, 0.1) is 19.8 Å². The van der Waals surface area contributed by atoms with Crippen molar-refractivity contribution < 1.29 is 52.2 Å². The Hall–Kier alpha value is -3.08. The van der Waals surface area contributed by atoms with Crippen LogP contribution >= 0.6 is 7.82 Å². The summed E-state index contributed by atoms with van der Waals surface area (Å²) >= 11 is 0. The van der Waals surface area contributed by atoms with Gasteiger partial charge in [-0.05, 0) is 57.8 Å². The van der Waals surface area contributed by atoms with Crippen LogP contribution in [0.3, 0.4) is 0 Å². The maximum atomic E-state index is 12.9. The Kier molecular flexibility index (Phi) is 57.7. The van der Waals surface area contributed by atoms with Crippen LogP contribution in [0.25, 0.3) is 0 Å². The summed E-state index contributed by atoms with van der Waals surface area (Å²) in [4.78, 5) is 48.7. The molecule has 0 aliphatic heterocycles. The van der Waals surface area contributed by atoms with Gasteiger partial charge in [-0.3, -0.25) is 23.4 Å². The minimum atomic E-state index is -4.77. The molecule has 78 heavy (non-hydrogen) atoms. The lowest BCUT2D eigenvalue weighted by Gasteiger charge is -2.21. The van der Waals surface area contributed by atoms with E-state index in [-0.39, 0.29) is 25.9 Å². The van der Waals surface area contributed by atoms with Gasteiger partial charge in [0.15, 0.2) is 6.10 Å². The topological polar surface area (TPSA) is 155 Å². The molecule has 0 aliphatic carbocycles. The Morgan fingerprint density at radius 2 is 0.667 bits per heavy atom. The lowest BCUT2D eigenvalue weighted by Crippen LogP contribution is -2.30. The molecule has 0 rings (SSSR count). The number of allylic oxidation sites excluding steroid dienone is 12. The van der Waals surface area contributed by atoms with Gasteiger partial charge in [-0.15, -0.1) is 0 Å². The predicted molar refractivity (Wildman–Crippen MR) is 325 cm³/mol. The van der Waals surface area contributed by atoms with Gasteiger partial charge in [0.1, 0.15) is 12.7 Å². The van der Waals surface area contributed by atoms with E-state index in [9.17, 15) is 28.9 Å². The molecule has 0 radical (unpaired) electrons. The molecule has 0 saturated carbocycles. The van der Waals surface area contributed by atoms with E-state index in [0.717, 1.165) is 77.0 Å². The second kappa shape index (κ2) is 60.0. The zero-order valence-corrected chi connectivity index (χ0v) is 51.0. The van der Waals surface area contributed by atoms with Crippen molar-refractivity contribution in [1.29, 1.82) is 0 Å². The summed E-state index contributed by atoms with van der Waals surface area (Å²) in [6.07, 6.45) is 68.7. The first-order valence-electron chi connectivity index (χ1n) is 31.8. The Morgan fingerprint density at radius 3 is 1.00 bits per heavy atom. The number of rotatable bonds is 59. The fourth-order valence-corrected chi connectivity index (χ4v) is 9.64. The highest BCUT2D eigenvalue weighted by atomic mass is 31.2. The van der Waals surface area contributed by atoms with Crippen molar-refractivity contribution in [3.63, 3.8) is 0 Å². The Morgan fingerprint density at radius 1 is 0.372 bits per heavy atom. The van der Waals surface area contributed by atoms with Crippen LogP contribution in [0.5, 0.6) is 0 Å². The summed E-state index contributed by atoms with van der Waals surface area (Å²) in [6, 6.07) is 0. The van der Waals surface area contributed by atoms with Crippen molar-refractivity contribution in [3.8, 4) is 0 Å². The van der Waals surface area contributed by atoms with Crippen LogP contribution in [0.2, 0.25) is 0 Å². The van der Waals surface area contributed by atoms with Crippen molar-refractivity contribution in [1.82, 2.24) is 0 Å². The van der Waals surface area contributed by atoms with Crippen LogP contribution < -0.4 is 0 Å². The number of phosphoric ester groups is 1. The minimum Gasteiger partial charge on any atom is -0.462 e. The Balaban J connectivity index is 4.78. The molecular weight excluding hydrogens is 1000 g/mol. The first kappa shape index (κ1) is 74.9. The van der Waals surface area contributed by atoms with E-state index in [4.69, 9.17) is 23.3 Å². The highest BCUT2D eigenvalue weighted by molar-refractivity contribution is 7.47. The van der Waals surface area contributed by atoms with Crippen LogP contribution in [0.4, 0.5) is 0 Å². The number of aliphatic hydroxyl groups is 1. The molecule has 0 bridgehead atoms. The molecule has 0 spiro atoms. The fourth-order valence-electron chi connectivity index (χ4n) is 8.86. The van der Waals surface area contributed by atoms with Crippen LogP contribution in [-0.4, -0.2) is 66.5 Å². The van der Waals surface area contributed by atoms with Gasteiger partial charge in [-0.25, -0.2) is 4.57 Å². The molecule has 11 nitrogen and oxygen atoms in total. The number of esters is 3. The molecule has 0 aliphatic rings. The van der Waals surface area contributed by atoms with Crippen molar-refractivity contribution in [3.05, 3.63) is 72.9 Å². The molecule has 0 fully saturated rings. The first-order valence-corrected chi connectivity index (χ1v) is 33.3. The molecule has 452 valence electrons. The quantitative estimate of drug-likeness (QED) is 0.0197. The summed E-state index contributed by atoms with van der Waals surface area (Å²) in [5.74, 6) is -1.55. The third-order valence-corrected chi connectivity index (χ3v) is 14.6. The van der Waals surface area contributed by atoms with E-state index in [1.165, 1.54) is 154 Å². The van der Waals surface area contributed by atoms with Gasteiger partial charge >= 0.3 is 25.7 Å². The van der Waals surface area contributed by atoms with Crippen molar-refractivity contribution in [2.75, 3.05) is 26.4 Å². The fraction of sp³-hybridized carbons (Fsp3) is 0.773. The number of hydrogen-bond acceptors (Lipinski definition) is 10. The summed E-state index contributed by atoms with van der Waals surface area (Å²) in [5, 5.41) is 9.84. The maximum absolute atomic E-state index is 12.9. The molecule has 0 heterocycles. The average molecular weight is 1120 g/mol. The van der Waals surface area contributed by atoms with Gasteiger partial charge in [0.25, 0.3) is 0 Å². The normalized spacial score (nSPS) is 13.8. The second-order valence-corrected chi connectivity index (χ2v) is 22.7. The summed E-state index contributed by atoms with van der Waals surface area (Å²) in [5.41, 5.74) is 0. The smallest absolute Gasteiger partial charge is 0.462 e. The molecule has 0 aromatic rings. The zero-order valence-electron chi connectivity index (χ0n) is 50.1. The summed E-state index contributed by atoms with van der Waals surface area (Å²) in [6.45, 7) is 4.50. The van der Waals surface area contributed by atoms with Gasteiger partial charge < -0.3 is 24.2 Å². The third kappa shape index (κ3) is 57.6. The Bertz CT molecular complexity index is 1590. The van der Waals surface area contributed by atoms with Gasteiger partial charge in [0.2, 0.25) is 0 Å². The van der Waals surface area contributed by atoms with Crippen LogP contribution in [0, 0.1) is 0 Å². The molecule has 2 N–H and O–H groups in total. The van der Waals surface area contributed by atoms with E-state index in [2.05, 4.69) is 81.5 Å². The number of carbonyl (C=O) groups is 3. The second-order valence-electron chi connectivity index (χ2n) is 21.2. The Labute approximate surface area is 478 Å². The standard InChI is InChI=1S/C66H117O11P/c1-4-7-10-13-16-19-22-25-28-30-31-33-35-37-40-43-46-49-52-55-64(68)73-59-63(77-66(70)57-54-51-48-45-42-39-36-32-29-26-23-20-17-14-11-8-5-2)61-75-78(71,72)74-60-62(58-67)76-65(69)56-53-50-47-44-41-38-34-27-24-21-18-15-12-9-6-3/h7,10,16,19,25,28,31,33,37,40,46,49,62-63,67H,4-6,8-9,11-15,17-18,20-24,26-27,29-30,32,34-36,38-39,41-45,47-48,50-61H2,1-3H3,(H,71,72)/b10-7-,19-16-,28-25-,33-31-,40-37-,49-46-. The summed E-state index contributed by atoms with van der Waals surface area (Å²) < 4.78 is 39.6. The largest absolute Gasteiger partial charge is 0.472 e. The minimum absolute atomic E-state index is 0.102. The lowest BCUT2D eigenvalue weighted by atomic mass is 10.0. The monoisotopic (exact) mass is 1120 g/mol. The van der Waals surface area contributed by atoms with E-state index in [1.54, 1.807) is 0 Å². The number of unbranched alkanes of at least 4 members (excludes halogenated alkanes) is 30. The van der Waals surface area contributed by atoms with E-state index in [0.29, 0.717) is 19.3 Å². The molecule has 0 amide bonds. The van der Waals surface area contributed by atoms with Crippen LogP contribution in [-0.2, 0) is 42.2 Å². The number of phosphoric acid groups is 1. The van der Waals surface area contributed by atoms with Crippen molar-refractivity contribution in [2.45, 2.75) is 303 Å². The lowest BCUT2D eigenvalue weighted by molar-refractivity contribution is -0.161. The first-order chi connectivity index (χ1) is 38.2. The molecular formula is C66H117O11P. The van der Waals surface area contributed by atoms with Crippen molar-refractivity contribution >= 4 is 25.7 Å².